The number of nitrogens with one attached hydrogen (secondary N) is 1. The van der Waals surface area contributed by atoms with E-state index < -0.39 is 0 Å². The van der Waals surface area contributed by atoms with Gasteiger partial charge in [-0.05, 0) is 29.7 Å². The normalized spacial score (nSPS) is 11.1. The van der Waals surface area contributed by atoms with Crippen LogP contribution in [0.3, 0.4) is 0 Å². The Labute approximate surface area is 163 Å². The van der Waals surface area contributed by atoms with Crippen molar-refractivity contribution < 1.29 is 14.5 Å². The van der Waals surface area contributed by atoms with Crippen LogP contribution in [0.1, 0.15) is 11.1 Å². The van der Waals surface area contributed by atoms with E-state index in [1.165, 1.54) is 0 Å². The summed E-state index contributed by atoms with van der Waals surface area (Å²) >= 11 is 0. The Hall–Kier alpha value is -3.41. The number of amides is 1. The number of hydrogen-bond donors (Lipinski definition) is 1. The standard InChI is InChI=1S/C22H23N3O3/c1-27-24-14-16(18-7-3-5-9-20(18)24)11-12-23-22(26)13-17-15-25(28-2)21-10-6-4-8-19(17)21/h3-10,14-15H,11-13H2,1-2H3,(H,23,26). The highest BCUT2D eigenvalue weighted by Crippen LogP contribution is 2.22. The fraction of sp³-hybridized carbons (Fsp3) is 0.227. The van der Waals surface area contributed by atoms with Gasteiger partial charge in [-0.2, -0.15) is 9.46 Å². The summed E-state index contributed by atoms with van der Waals surface area (Å²) in [6, 6.07) is 16.0. The van der Waals surface area contributed by atoms with E-state index in [4.69, 9.17) is 9.68 Å². The number of hydrogen-bond acceptors (Lipinski definition) is 3. The predicted octanol–water partition coefficient (Wildman–Crippen LogP) is 2.61. The Bertz CT molecular complexity index is 1130. The molecule has 2 aromatic heterocycles. The number of fused-ring (bicyclic) bond motifs is 2. The molecule has 6 heteroatoms. The molecule has 0 bridgehead atoms. The van der Waals surface area contributed by atoms with Crippen LogP contribution < -0.4 is 15.0 Å². The molecule has 0 radical (unpaired) electrons. The summed E-state index contributed by atoms with van der Waals surface area (Å²) in [7, 11) is 3.27. The van der Waals surface area contributed by atoms with Crippen LogP contribution >= 0.6 is 0 Å². The van der Waals surface area contributed by atoms with E-state index in [0.29, 0.717) is 13.0 Å². The number of rotatable bonds is 7. The molecule has 1 amide bonds. The smallest absolute Gasteiger partial charge is 0.224 e. The molecule has 4 aromatic rings. The molecular formula is C22H23N3O3. The lowest BCUT2D eigenvalue weighted by Crippen LogP contribution is -2.27. The van der Waals surface area contributed by atoms with Crippen molar-refractivity contribution in [1.82, 2.24) is 14.8 Å². The van der Waals surface area contributed by atoms with Crippen molar-refractivity contribution in [2.24, 2.45) is 0 Å². The molecule has 0 atom stereocenters. The first kappa shape index (κ1) is 18.0. The number of nitrogens with zero attached hydrogens (tertiary/aromatic N) is 2. The summed E-state index contributed by atoms with van der Waals surface area (Å²) in [5.74, 6) is -0.00511. The van der Waals surface area contributed by atoms with Gasteiger partial charge in [0.2, 0.25) is 5.91 Å². The molecule has 28 heavy (non-hydrogen) atoms. The zero-order valence-corrected chi connectivity index (χ0v) is 16.0. The van der Waals surface area contributed by atoms with E-state index in [0.717, 1.165) is 39.4 Å². The third-order valence-electron chi connectivity index (χ3n) is 4.98. The Morgan fingerprint density at radius 1 is 0.857 bits per heavy atom. The Kier molecular flexibility index (Phi) is 4.93. The summed E-state index contributed by atoms with van der Waals surface area (Å²) in [6.07, 6.45) is 4.90. The molecular weight excluding hydrogens is 354 g/mol. The van der Waals surface area contributed by atoms with Gasteiger partial charge < -0.3 is 15.0 Å². The molecule has 0 fully saturated rings. The van der Waals surface area contributed by atoms with Crippen LogP contribution in [0.2, 0.25) is 0 Å². The molecule has 2 heterocycles. The minimum absolute atomic E-state index is 0.00511. The molecule has 0 spiro atoms. The van der Waals surface area contributed by atoms with E-state index in [-0.39, 0.29) is 5.91 Å². The van der Waals surface area contributed by atoms with Crippen LogP contribution in [0.5, 0.6) is 0 Å². The van der Waals surface area contributed by atoms with Crippen molar-refractivity contribution in [2.45, 2.75) is 12.8 Å². The average Bonchev–Trinajstić information content (AvgIpc) is 3.26. The van der Waals surface area contributed by atoms with Gasteiger partial charge >= 0.3 is 0 Å². The van der Waals surface area contributed by atoms with Crippen molar-refractivity contribution in [1.29, 1.82) is 0 Å². The number of para-hydroxylation sites is 2. The van der Waals surface area contributed by atoms with E-state index in [2.05, 4.69) is 11.4 Å². The number of carbonyl (C=O) groups excluding carboxylic acids is 1. The van der Waals surface area contributed by atoms with Crippen molar-refractivity contribution >= 4 is 27.7 Å². The van der Waals surface area contributed by atoms with Gasteiger partial charge in [0.25, 0.3) is 0 Å². The van der Waals surface area contributed by atoms with Gasteiger partial charge in [0.1, 0.15) is 14.2 Å². The largest absolute Gasteiger partial charge is 0.417 e. The molecule has 0 saturated heterocycles. The van der Waals surface area contributed by atoms with Crippen LogP contribution in [0.4, 0.5) is 0 Å². The van der Waals surface area contributed by atoms with Crippen molar-refractivity contribution in [2.75, 3.05) is 20.8 Å². The molecule has 4 rings (SSSR count). The summed E-state index contributed by atoms with van der Waals surface area (Å²) < 4.78 is 3.45. The summed E-state index contributed by atoms with van der Waals surface area (Å²) in [5, 5.41) is 5.20. The van der Waals surface area contributed by atoms with Gasteiger partial charge in [0, 0.05) is 29.7 Å². The van der Waals surface area contributed by atoms with Crippen LogP contribution in [-0.2, 0) is 17.6 Å². The second-order valence-electron chi connectivity index (χ2n) is 6.64. The first-order valence-corrected chi connectivity index (χ1v) is 9.25. The number of carbonyl (C=O) groups is 1. The number of benzene rings is 2. The Balaban J connectivity index is 1.42. The van der Waals surface area contributed by atoms with Gasteiger partial charge in [-0.1, -0.05) is 36.4 Å². The molecule has 1 N–H and O–H groups in total. The van der Waals surface area contributed by atoms with E-state index in [9.17, 15) is 4.79 Å². The minimum atomic E-state index is -0.00511. The molecule has 0 unspecified atom stereocenters. The van der Waals surface area contributed by atoms with Crippen molar-refractivity contribution in [3.05, 3.63) is 72.1 Å². The zero-order valence-electron chi connectivity index (χ0n) is 16.0. The fourth-order valence-corrected chi connectivity index (χ4v) is 3.65. The van der Waals surface area contributed by atoms with Crippen LogP contribution in [0.15, 0.2) is 60.9 Å². The lowest BCUT2D eigenvalue weighted by molar-refractivity contribution is -0.120. The van der Waals surface area contributed by atoms with Crippen LogP contribution in [-0.4, -0.2) is 36.1 Å². The lowest BCUT2D eigenvalue weighted by atomic mass is 10.1. The van der Waals surface area contributed by atoms with Gasteiger partial charge in [-0.25, -0.2) is 0 Å². The monoisotopic (exact) mass is 377 g/mol. The highest BCUT2D eigenvalue weighted by atomic mass is 16.6. The van der Waals surface area contributed by atoms with Gasteiger partial charge in [0.15, 0.2) is 0 Å². The maximum absolute atomic E-state index is 12.5. The molecule has 0 aliphatic carbocycles. The summed E-state index contributed by atoms with van der Waals surface area (Å²) in [4.78, 5) is 23.2. The van der Waals surface area contributed by atoms with E-state index in [1.54, 1.807) is 23.7 Å². The molecule has 0 aliphatic rings. The quantitative estimate of drug-likeness (QED) is 0.539. The van der Waals surface area contributed by atoms with Crippen molar-refractivity contribution in [3.8, 4) is 0 Å². The van der Waals surface area contributed by atoms with E-state index in [1.807, 2.05) is 54.9 Å². The first-order chi connectivity index (χ1) is 13.7. The Morgan fingerprint density at radius 3 is 2.00 bits per heavy atom. The molecule has 2 aromatic carbocycles. The second kappa shape index (κ2) is 7.68. The average molecular weight is 377 g/mol. The molecule has 0 saturated carbocycles. The molecule has 6 nitrogen and oxygen atoms in total. The summed E-state index contributed by atoms with van der Waals surface area (Å²) in [6.45, 7) is 0.569. The molecule has 0 aliphatic heterocycles. The second-order valence-corrected chi connectivity index (χ2v) is 6.64. The van der Waals surface area contributed by atoms with E-state index >= 15 is 0 Å². The van der Waals surface area contributed by atoms with Crippen molar-refractivity contribution in [3.63, 3.8) is 0 Å². The zero-order chi connectivity index (χ0) is 19.5. The lowest BCUT2D eigenvalue weighted by Gasteiger charge is -2.04. The first-order valence-electron chi connectivity index (χ1n) is 9.25. The molecule has 144 valence electrons. The Morgan fingerprint density at radius 2 is 1.39 bits per heavy atom. The maximum atomic E-state index is 12.5. The van der Waals surface area contributed by atoms with Gasteiger partial charge in [-0.15, -0.1) is 0 Å². The van der Waals surface area contributed by atoms with Gasteiger partial charge in [-0.3, -0.25) is 4.79 Å². The highest BCUT2D eigenvalue weighted by Gasteiger charge is 2.13. The summed E-state index contributed by atoms with van der Waals surface area (Å²) in [5.41, 5.74) is 4.08. The third kappa shape index (κ3) is 3.29. The van der Waals surface area contributed by atoms with Crippen LogP contribution in [0.25, 0.3) is 21.8 Å². The van der Waals surface area contributed by atoms with Gasteiger partial charge in [0.05, 0.1) is 17.5 Å². The SMILES string of the molecule is COn1cc(CCNC(=O)Cc2cn(OC)c3ccccc23)c2ccccc21. The predicted molar refractivity (Wildman–Crippen MR) is 109 cm³/mol. The fourth-order valence-electron chi connectivity index (χ4n) is 3.65. The van der Waals surface area contributed by atoms with Crippen LogP contribution in [0, 0.1) is 0 Å². The maximum Gasteiger partial charge on any atom is 0.224 e. The topological polar surface area (TPSA) is 57.4 Å². The number of aromatic nitrogens is 2. The third-order valence-corrected chi connectivity index (χ3v) is 4.98. The minimum Gasteiger partial charge on any atom is -0.417 e. The highest BCUT2D eigenvalue weighted by molar-refractivity contribution is 5.89.